The van der Waals surface area contributed by atoms with Crippen LogP contribution in [0.25, 0.3) is 0 Å². The van der Waals surface area contributed by atoms with E-state index in [1.807, 2.05) is 33.8 Å². The van der Waals surface area contributed by atoms with Crippen LogP contribution in [0.2, 0.25) is 0 Å². The number of sulfonamides is 1. The Morgan fingerprint density at radius 3 is 2.20 bits per heavy atom. The average Bonchev–Trinajstić information content (AvgIpc) is 2.52. The van der Waals surface area contributed by atoms with E-state index in [2.05, 4.69) is 10.3 Å². The highest BCUT2D eigenvalue weighted by Gasteiger charge is 2.16. The first kappa shape index (κ1) is 19.0. The SMILES string of the molecule is Cc1cc(C)cc(OCC(=O)NNS(=O)(=O)c2ccc(C)c(C)c2)c1. The molecule has 2 N–H and O–H groups in total. The largest absolute Gasteiger partial charge is 0.484 e. The van der Waals surface area contributed by atoms with Crippen molar-refractivity contribution in [3.05, 3.63) is 58.7 Å². The van der Waals surface area contributed by atoms with Crippen LogP contribution < -0.4 is 15.0 Å². The number of amides is 1. The monoisotopic (exact) mass is 362 g/mol. The van der Waals surface area contributed by atoms with Gasteiger partial charge in [0.2, 0.25) is 0 Å². The molecule has 0 saturated carbocycles. The highest BCUT2D eigenvalue weighted by atomic mass is 32.2. The molecular weight excluding hydrogens is 340 g/mol. The fraction of sp³-hybridized carbons (Fsp3) is 0.278. The van der Waals surface area contributed by atoms with Crippen molar-refractivity contribution in [3.63, 3.8) is 0 Å². The quantitative estimate of drug-likeness (QED) is 0.773. The highest BCUT2D eigenvalue weighted by molar-refractivity contribution is 7.89. The van der Waals surface area contributed by atoms with E-state index in [9.17, 15) is 13.2 Å². The van der Waals surface area contributed by atoms with E-state index in [4.69, 9.17) is 4.74 Å². The number of hydrogen-bond acceptors (Lipinski definition) is 4. The first-order valence-corrected chi connectivity index (χ1v) is 9.25. The van der Waals surface area contributed by atoms with Crippen molar-refractivity contribution in [1.82, 2.24) is 10.3 Å². The van der Waals surface area contributed by atoms with Crippen LogP contribution in [0.4, 0.5) is 0 Å². The third-order valence-corrected chi connectivity index (χ3v) is 4.92. The zero-order valence-electron chi connectivity index (χ0n) is 14.7. The molecule has 0 aromatic heterocycles. The lowest BCUT2D eigenvalue weighted by Gasteiger charge is -2.11. The topological polar surface area (TPSA) is 84.5 Å². The van der Waals surface area contributed by atoms with Crippen LogP contribution in [0.1, 0.15) is 22.3 Å². The van der Waals surface area contributed by atoms with Gasteiger partial charge in [0, 0.05) is 0 Å². The molecule has 0 atom stereocenters. The van der Waals surface area contributed by atoms with Crippen LogP contribution in [-0.4, -0.2) is 20.9 Å². The number of hydrazine groups is 1. The van der Waals surface area contributed by atoms with Crippen molar-refractivity contribution in [2.24, 2.45) is 0 Å². The zero-order chi connectivity index (χ0) is 18.6. The Labute approximate surface area is 148 Å². The summed E-state index contributed by atoms with van der Waals surface area (Å²) in [6.07, 6.45) is 0. The number of nitrogens with one attached hydrogen (secondary N) is 2. The molecule has 2 rings (SSSR count). The lowest BCUT2D eigenvalue weighted by molar-refractivity contribution is -0.123. The van der Waals surface area contributed by atoms with E-state index in [-0.39, 0.29) is 11.5 Å². The first-order chi connectivity index (χ1) is 11.7. The summed E-state index contributed by atoms with van der Waals surface area (Å²) < 4.78 is 29.8. The second-order valence-electron chi connectivity index (χ2n) is 6.01. The maximum Gasteiger partial charge on any atom is 0.272 e. The van der Waals surface area contributed by atoms with Crippen LogP contribution in [0.3, 0.4) is 0 Å². The predicted octanol–water partition coefficient (Wildman–Crippen LogP) is 2.31. The van der Waals surface area contributed by atoms with E-state index >= 15 is 0 Å². The number of rotatable bonds is 6. The van der Waals surface area contributed by atoms with E-state index in [0.29, 0.717) is 5.75 Å². The van der Waals surface area contributed by atoms with E-state index in [1.165, 1.54) is 6.07 Å². The average molecular weight is 362 g/mol. The minimum absolute atomic E-state index is 0.0890. The fourth-order valence-corrected chi connectivity index (χ4v) is 3.21. The molecule has 0 aliphatic heterocycles. The molecule has 0 unspecified atom stereocenters. The predicted molar refractivity (Wildman–Crippen MR) is 95.8 cm³/mol. The molecule has 7 heteroatoms. The van der Waals surface area contributed by atoms with Crippen molar-refractivity contribution in [2.75, 3.05) is 6.61 Å². The lowest BCUT2D eigenvalue weighted by atomic mass is 10.1. The number of ether oxygens (including phenoxy) is 1. The van der Waals surface area contributed by atoms with Crippen LogP contribution in [0.15, 0.2) is 41.3 Å². The molecule has 0 fully saturated rings. The van der Waals surface area contributed by atoms with Gasteiger partial charge in [0.25, 0.3) is 15.9 Å². The van der Waals surface area contributed by atoms with Gasteiger partial charge >= 0.3 is 0 Å². The summed E-state index contributed by atoms with van der Waals surface area (Å²) in [7, 11) is -3.83. The summed E-state index contributed by atoms with van der Waals surface area (Å²) in [5, 5.41) is 0. The molecule has 0 spiro atoms. The number of carbonyl (C=O) groups is 1. The normalized spacial score (nSPS) is 11.2. The summed E-state index contributed by atoms with van der Waals surface area (Å²) in [5.74, 6) is -0.0313. The molecule has 6 nitrogen and oxygen atoms in total. The van der Waals surface area contributed by atoms with Gasteiger partial charge in [-0.1, -0.05) is 12.1 Å². The molecule has 0 saturated heterocycles. The van der Waals surface area contributed by atoms with Crippen molar-refractivity contribution in [1.29, 1.82) is 0 Å². The standard InChI is InChI=1S/C18H22N2O4S/c1-12-7-13(2)9-16(8-12)24-11-18(21)19-20-25(22,23)17-6-5-14(3)15(4)10-17/h5-10,20H,11H2,1-4H3,(H,19,21). The Bertz CT molecular complexity index is 872. The molecule has 2 aromatic rings. The molecule has 134 valence electrons. The van der Waals surface area contributed by atoms with Gasteiger partial charge < -0.3 is 4.74 Å². The Morgan fingerprint density at radius 2 is 1.60 bits per heavy atom. The van der Waals surface area contributed by atoms with Crippen molar-refractivity contribution < 1.29 is 17.9 Å². The van der Waals surface area contributed by atoms with Gasteiger partial charge in [0.15, 0.2) is 6.61 Å². The molecule has 1 amide bonds. The number of carbonyl (C=O) groups excluding carboxylic acids is 1. The van der Waals surface area contributed by atoms with Gasteiger partial charge in [0.05, 0.1) is 4.90 Å². The molecule has 0 bridgehead atoms. The zero-order valence-corrected chi connectivity index (χ0v) is 15.5. The maximum absolute atomic E-state index is 12.2. The van der Waals surface area contributed by atoms with E-state index < -0.39 is 15.9 Å². The van der Waals surface area contributed by atoms with E-state index in [0.717, 1.165) is 22.3 Å². The second kappa shape index (κ2) is 7.67. The maximum atomic E-state index is 12.2. The Balaban J connectivity index is 1.93. The fourth-order valence-electron chi connectivity index (χ4n) is 2.27. The minimum atomic E-state index is -3.83. The second-order valence-corrected chi connectivity index (χ2v) is 7.69. The summed E-state index contributed by atoms with van der Waals surface area (Å²) in [4.78, 5) is 14.0. The van der Waals surface area contributed by atoms with Gasteiger partial charge in [-0.3, -0.25) is 10.2 Å². The molecular formula is C18H22N2O4S. The number of benzene rings is 2. The molecule has 0 heterocycles. The smallest absolute Gasteiger partial charge is 0.272 e. The van der Waals surface area contributed by atoms with Crippen LogP contribution >= 0.6 is 0 Å². The van der Waals surface area contributed by atoms with Crippen molar-refractivity contribution in [3.8, 4) is 5.75 Å². The Hall–Kier alpha value is -2.38. The third kappa shape index (κ3) is 5.30. The summed E-state index contributed by atoms with van der Waals surface area (Å²) in [5.41, 5.74) is 6.04. The van der Waals surface area contributed by atoms with Crippen LogP contribution in [0, 0.1) is 27.7 Å². The van der Waals surface area contributed by atoms with Gasteiger partial charge in [-0.2, -0.15) is 0 Å². The summed E-state index contributed by atoms with van der Waals surface area (Å²) in [6, 6.07) is 10.4. The summed E-state index contributed by atoms with van der Waals surface area (Å²) in [6.45, 7) is 7.28. The number of hydrogen-bond donors (Lipinski definition) is 2. The van der Waals surface area contributed by atoms with Gasteiger partial charge in [0.1, 0.15) is 5.75 Å². The van der Waals surface area contributed by atoms with Crippen molar-refractivity contribution >= 4 is 15.9 Å². The molecule has 0 radical (unpaired) electrons. The Kier molecular flexibility index (Phi) is 5.81. The molecule has 0 aliphatic carbocycles. The minimum Gasteiger partial charge on any atom is -0.484 e. The highest BCUT2D eigenvalue weighted by Crippen LogP contribution is 2.16. The van der Waals surface area contributed by atoms with E-state index in [1.54, 1.807) is 24.3 Å². The molecule has 0 aliphatic rings. The van der Waals surface area contributed by atoms with Gasteiger partial charge in [-0.05, 0) is 74.2 Å². The molecule has 25 heavy (non-hydrogen) atoms. The summed E-state index contributed by atoms with van der Waals surface area (Å²) >= 11 is 0. The van der Waals surface area contributed by atoms with Crippen molar-refractivity contribution in [2.45, 2.75) is 32.6 Å². The number of aryl methyl sites for hydroxylation is 4. The van der Waals surface area contributed by atoms with Crippen LogP contribution in [-0.2, 0) is 14.8 Å². The lowest BCUT2D eigenvalue weighted by Crippen LogP contribution is -2.43. The van der Waals surface area contributed by atoms with Crippen LogP contribution in [0.5, 0.6) is 5.75 Å². The Morgan fingerprint density at radius 1 is 0.960 bits per heavy atom. The third-order valence-electron chi connectivity index (χ3n) is 3.68. The molecule has 2 aromatic carbocycles. The first-order valence-electron chi connectivity index (χ1n) is 7.76. The van der Waals surface area contributed by atoms with Gasteiger partial charge in [-0.25, -0.2) is 8.42 Å². The van der Waals surface area contributed by atoms with Gasteiger partial charge in [-0.15, -0.1) is 4.83 Å².